The van der Waals surface area contributed by atoms with Gasteiger partial charge < -0.3 is 5.32 Å². The van der Waals surface area contributed by atoms with Crippen LogP contribution in [-0.4, -0.2) is 30.1 Å². The lowest BCUT2D eigenvalue weighted by atomic mass is 9.95. The van der Waals surface area contributed by atoms with Crippen molar-refractivity contribution < 1.29 is 8.78 Å². The van der Waals surface area contributed by atoms with Gasteiger partial charge in [0.25, 0.3) is 0 Å². The summed E-state index contributed by atoms with van der Waals surface area (Å²) >= 11 is 0. The number of nitrogens with one attached hydrogen (secondary N) is 1. The molecular formula is C17H26F2N2. The quantitative estimate of drug-likeness (QED) is 0.861. The monoisotopic (exact) mass is 296 g/mol. The van der Waals surface area contributed by atoms with Gasteiger partial charge in [0.2, 0.25) is 0 Å². The van der Waals surface area contributed by atoms with E-state index in [4.69, 9.17) is 0 Å². The zero-order chi connectivity index (χ0) is 15.2. The van der Waals surface area contributed by atoms with Crippen LogP contribution >= 0.6 is 0 Å². The van der Waals surface area contributed by atoms with Gasteiger partial charge >= 0.3 is 0 Å². The third-order valence-corrected chi connectivity index (χ3v) is 4.35. The van der Waals surface area contributed by atoms with Crippen molar-refractivity contribution in [1.29, 1.82) is 0 Å². The third-order valence-electron chi connectivity index (χ3n) is 4.35. The summed E-state index contributed by atoms with van der Waals surface area (Å²) in [6.07, 6.45) is 4.63. The van der Waals surface area contributed by atoms with Gasteiger partial charge in [-0.25, -0.2) is 8.78 Å². The number of hydrogen-bond acceptors (Lipinski definition) is 2. The third kappa shape index (κ3) is 4.48. The maximum absolute atomic E-state index is 13.9. The standard InChI is InChI=1S/C17H26F2N2/c1-3-9-20-13(2)17-6-4-5-10-21(17)12-14-7-8-15(18)11-16(14)19/h7-8,11,13,17,20H,3-6,9-10,12H2,1-2H3. The summed E-state index contributed by atoms with van der Waals surface area (Å²) in [5.41, 5.74) is 0.589. The molecule has 1 N–H and O–H groups in total. The largest absolute Gasteiger partial charge is 0.313 e. The van der Waals surface area contributed by atoms with Gasteiger partial charge in [0.1, 0.15) is 11.6 Å². The topological polar surface area (TPSA) is 15.3 Å². The summed E-state index contributed by atoms with van der Waals surface area (Å²) in [5, 5.41) is 3.55. The fourth-order valence-electron chi connectivity index (χ4n) is 3.16. The molecule has 2 atom stereocenters. The fraction of sp³-hybridized carbons (Fsp3) is 0.647. The van der Waals surface area contributed by atoms with Crippen LogP contribution in [0.1, 0.15) is 45.1 Å². The lowest BCUT2D eigenvalue weighted by molar-refractivity contribution is 0.110. The Labute approximate surface area is 126 Å². The fourth-order valence-corrected chi connectivity index (χ4v) is 3.16. The minimum atomic E-state index is -0.510. The van der Waals surface area contributed by atoms with Gasteiger partial charge in [-0.1, -0.05) is 19.4 Å². The summed E-state index contributed by atoms with van der Waals surface area (Å²) in [6, 6.07) is 4.72. The Bertz CT molecular complexity index is 450. The van der Waals surface area contributed by atoms with Crippen molar-refractivity contribution in [2.45, 2.75) is 58.2 Å². The summed E-state index contributed by atoms with van der Waals surface area (Å²) in [7, 11) is 0. The van der Waals surface area contributed by atoms with Crippen molar-refractivity contribution in [3.63, 3.8) is 0 Å². The Morgan fingerprint density at radius 3 is 2.86 bits per heavy atom. The van der Waals surface area contributed by atoms with Gasteiger partial charge in [-0.05, 0) is 45.3 Å². The lowest BCUT2D eigenvalue weighted by Crippen LogP contribution is -2.50. The summed E-state index contributed by atoms with van der Waals surface area (Å²) in [5.74, 6) is -0.946. The highest BCUT2D eigenvalue weighted by Crippen LogP contribution is 2.23. The molecule has 0 saturated carbocycles. The van der Waals surface area contributed by atoms with Crippen LogP contribution in [0.5, 0.6) is 0 Å². The van der Waals surface area contributed by atoms with E-state index in [-0.39, 0.29) is 0 Å². The average molecular weight is 296 g/mol. The molecule has 1 heterocycles. The van der Waals surface area contributed by atoms with E-state index in [0.29, 0.717) is 24.2 Å². The van der Waals surface area contributed by atoms with E-state index < -0.39 is 11.6 Å². The van der Waals surface area contributed by atoms with Crippen molar-refractivity contribution in [1.82, 2.24) is 10.2 Å². The first kappa shape index (κ1) is 16.4. The second kappa shape index (κ2) is 7.85. The first-order valence-corrected chi connectivity index (χ1v) is 8.03. The van der Waals surface area contributed by atoms with E-state index in [2.05, 4.69) is 24.1 Å². The number of halogens is 2. The van der Waals surface area contributed by atoms with Crippen LogP contribution in [0.25, 0.3) is 0 Å². The number of piperidine rings is 1. The zero-order valence-electron chi connectivity index (χ0n) is 13.0. The molecule has 1 aliphatic rings. The Hall–Kier alpha value is -1.00. The van der Waals surface area contributed by atoms with Crippen molar-refractivity contribution in [2.24, 2.45) is 0 Å². The first-order valence-electron chi connectivity index (χ1n) is 8.03. The average Bonchev–Trinajstić information content (AvgIpc) is 2.48. The summed E-state index contributed by atoms with van der Waals surface area (Å²) in [6.45, 7) is 6.93. The smallest absolute Gasteiger partial charge is 0.130 e. The molecule has 1 aromatic carbocycles. The van der Waals surface area contributed by atoms with Crippen LogP contribution < -0.4 is 5.32 Å². The van der Waals surface area contributed by atoms with Crippen molar-refractivity contribution in [3.8, 4) is 0 Å². The van der Waals surface area contributed by atoms with Gasteiger partial charge in [-0.2, -0.15) is 0 Å². The van der Waals surface area contributed by atoms with E-state index >= 15 is 0 Å². The number of hydrogen-bond donors (Lipinski definition) is 1. The van der Waals surface area contributed by atoms with E-state index in [1.807, 2.05) is 0 Å². The second-order valence-corrected chi connectivity index (χ2v) is 6.01. The molecule has 1 aliphatic heterocycles. The van der Waals surface area contributed by atoms with Crippen LogP contribution in [0.15, 0.2) is 18.2 Å². The normalized spacial score (nSPS) is 21.4. The van der Waals surface area contributed by atoms with Gasteiger partial charge in [0.05, 0.1) is 0 Å². The van der Waals surface area contributed by atoms with Crippen molar-refractivity contribution in [3.05, 3.63) is 35.4 Å². The summed E-state index contributed by atoms with van der Waals surface area (Å²) in [4.78, 5) is 2.34. The summed E-state index contributed by atoms with van der Waals surface area (Å²) < 4.78 is 26.9. The van der Waals surface area contributed by atoms with Crippen LogP contribution in [0.3, 0.4) is 0 Å². The molecular weight excluding hydrogens is 270 g/mol. The first-order chi connectivity index (χ1) is 10.1. The van der Waals surface area contributed by atoms with E-state index in [9.17, 15) is 8.78 Å². The molecule has 1 fully saturated rings. The maximum atomic E-state index is 13.9. The Morgan fingerprint density at radius 1 is 1.33 bits per heavy atom. The second-order valence-electron chi connectivity index (χ2n) is 6.01. The van der Waals surface area contributed by atoms with Gasteiger partial charge in [-0.15, -0.1) is 0 Å². The predicted molar refractivity (Wildman–Crippen MR) is 82.2 cm³/mol. The predicted octanol–water partition coefficient (Wildman–Crippen LogP) is 3.71. The van der Waals surface area contributed by atoms with Crippen LogP contribution in [0.2, 0.25) is 0 Å². The minimum absolute atomic E-state index is 0.397. The van der Waals surface area contributed by atoms with E-state index in [1.165, 1.54) is 12.5 Å². The molecule has 2 unspecified atom stereocenters. The maximum Gasteiger partial charge on any atom is 0.130 e. The minimum Gasteiger partial charge on any atom is -0.313 e. The molecule has 0 spiro atoms. The molecule has 1 aromatic rings. The molecule has 118 valence electrons. The van der Waals surface area contributed by atoms with Crippen molar-refractivity contribution in [2.75, 3.05) is 13.1 Å². The van der Waals surface area contributed by atoms with Crippen molar-refractivity contribution >= 4 is 0 Å². The Morgan fingerprint density at radius 2 is 2.14 bits per heavy atom. The molecule has 0 radical (unpaired) electrons. The Balaban J connectivity index is 2.04. The SMILES string of the molecule is CCCNC(C)C1CCCCN1Cc1ccc(F)cc1F. The molecule has 0 aromatic heterocycles. The highest BCUT2D eigenvalue weighted by molar-refractivity contribution is 5.18. The molecule has 0 amide bonds. The molecule has 0 aliphatic carbocycles. The highest BCUT2D eigenvalue weighted by Gasteiger charge is 2.27. The van der Waals surface area contributed by atoms with Crippen LogP contribution in [0.4, 0.5) is 8.78 Å². The number of likely N-dealkylation sites (tertiary alicyclic amines) is 1. The number of nitrogens with zero attached hydrogens (tertiary/aromatic N) is 1. The van der Waals surface area contributed by atoms with Gasteiger partial charge in [0.15, 0.2) is 0 Å². The molecule has 0 bridgehead atoms. The number of rotatable bonds is 6. The molecule has 1 saturated heterocycles. The van der Waals surface area contributed by atoms with Crippen LogP contribution in [0, 0.1) is 11.6 Å². The zero-order valence-corrected chi connectivity index (χ0v) is 13.0. The number of benzene rings is 1. The molecule has 2 nitrogen and oxygen atoms in total. The highest BCUT2D eigenvalue weighted by atomic mass is 19.1. The van der Waals surface area contributed by atoms with E-state index in [0.717, 1.165) is 38.4 Å². The molecule has 21 heavy (non-hydrogen) atoms. The molecule has 2 rings (SSSR count). The van der Waals surface area contributed by atoms with Gasteiger partial charge in [-0.3, -0.25) is 4.90 Å². The lowest BCUT2D eigenvalue weighted by Gasteiger charge is -2.39. The van der Waals surface area contributed by atoms with Crippen LogP contribution in [-0.2, 0) is 6.54 Å². The van der Waals surface area contributed by atoms with E-state index in [1.54, 1.807) is 6.07 Å². The molecule has 4 heteroatoms. The Kier molecular flexibility index (Phi) is 6.12. The van der Waals surface area contributed by atoms with Gasteiger partial charge in [0, 0.05) is 30.3 Å².